The maximum Gasteiger partial charge on any atom is 0.341 e. The van der Waals surface area contributed by atoms with Crippen molar-refractivity contribution in [2.75, 3.05) is 25.1 Å². The third-order valence-electron chi connectivity index (χ3n) is 5.38. The van der Waals surface area contributed by atoms with Crippen molar-refractivity contribution in [3.8, 4) is 0 Å². The number of anilines is 1. The van der Waals surface area contributed by atoms with Crippen LogP contribution in [-0.4, -0.2) is 52.8 Å². The fourth-order valence-corrected chi connectivity index (χ4v) is 3.69. The summed E-state index contributed by atoms with van der Waals surface area (Å²) in [4.78, 5) is 29.7. The van der Waals surface area contributed by atoms with E-state index in [0.29, 0.717) is 0 Å². The highest BCUT2D eigenvalue weighted by Gasteiger charge is 2.39. The van der Waals surface area contributed by atoms with Gasteiger partial charge in [0, 0.05) is 25.9 Å². The zero-order valence-corrected chi connectivity index (χ0v) is 15.2. The van der Waals surface area contributed by atoms with Crippen LogP contribution >= 0.6 is 0 Å². The minimum atomic E-state index is -1.36. The number of amidine groups is 1. The highest BCUT2D eigenvalue weighted by molar-refractivity contribution is 6.00. The second-order valence-corrected chi connectivity index (χ2v) is 7.09. The number of hydrogen-bond acceptors (Lipinski definition) is 6. The highest BCUT2D eigenvalue weighted by Crippen LogP contribution is 2.37. The van der Waals surface area contributed by atoms with Crippen LogP contribution in [0.1, 0.15) is 29.2 Å². The molecule has 0 amide bonds. The largest absolute Gasteiger partial charge is 0.477 e. The van der Waals surface area contributed by atoms with E-state index in [1.165, 1.54) is 18.2 Å². The van der Waals surface area contributed by atoms with Crippen LogP contribution in [0.25, 0.3) is 11.0 Å². The highest BCUT2D eigenvalue weighted by atomic mass is 19.1. The Labute approximate surface area is 159 Å². The lowest BCUT2D eigenvalue weighted by molar-refractivity contribution is 0.0694. The van der Waals surface area contributed by atoms with E-state index in [2.05, 4.69) is 4.98 Å². The number of rotatable bonds is 5. The number of nitrogens with two attached hydrogens (primary N) is 1. The summed E-state index contributed by atoms with van der Waals surface area (Å²) in [7, 11) is 1.51. The van der Waals surface area contributed by atoms with Crippen LogP contribution in [0, 0.1) is 17.1 Å². The number of pyridine rings is 2. The molecule has 2 aromatic rings. The molecule has 9 nitrogen and oxygen atoms in total. The second kappa shape index (κ2) is 6.64. The molecule has 4 rings (SSSR count). The Bertz CT molecular complexity index is 1050. The first-order chi connectivity index (χ1) is 13.4. The first-order valence-corrected chi connectivity index (χ1v) is 8.94. The molecule has 2 aromatic heterocycles. The molecule has 1 saturated carbocycles. The molecule has 1 saturated heterocycles. The number of hydrogen-bond donors (Lipinski definition) is 3. The molecule has 2 unspecified atom stereocenters. The number of carboxylic acid groups (broad SMARTS) is 1. The van der Waals surface area contributed by atoms with Gasteiger partial charge in [0.15, 0.2) is 11.6 Å². The number of carbonyl (C=O) groups is 1. The van der Waals surface area contributed by atoms with E-state index >= 15 is 0 Å². The lowest BCUT2D eigenvalue weighted by Gasteiger charge is -2.20. The van der Waals surface area contributed by atoms with Gasteiger partial charge in [-0.05, 0) is 18.9 Å². The van der Waals surface area contributed by atoms with E-state index in [4.69, 9.17) is 15.9 Å². The van der Waals surface area contributed by atoms with Gasteiger partial charge in [0.1, 0.15) is 17.0 Å². The molecule has 0 radical (unpaired) electrons. The number of methoxy groups -OCH3 is 1. The first kappa shape index (κ1) is 18.5. The SMILES string of the molecule is COC1CN(c2nc3c(cc2F)c(=O)c(C(=O)O)cn3C2CC2)C(=N)C1CN. The van der Waals surface area contributed by atoms with Crippen LogP contribution in [0.4, 0.5) is 10.2 Å². The van der Waals surface area contributed by atoms with Gasteiger partial charge in [-0.15, -0.1) is 0 Å². The predicted molar refractivity (Wildman–Crippen MR) is 99.6 cm³/mol. The Hall–Kier alpha value is -2.85. The number of ether oxygens (including phenoxy) is 1. The first-order valence-electron chi connectivity index (χ1n) is 8.94. The van der Waals surface area contributed by atoms with Crippen LogP contribution in [0.2, 0.25) is 0 Å². The van der Waals surface area contributed by atoms with E-state index in [-0.39, 0.29) is 53.8 Å². The van der Waals surface area contributed by atoms with Crippen LogP contribution < -0.4 is 16.1 Å². The van der Waals surface area contributed by atoms with Crippen molar-refractivity contribution in [3.63, 3.8) is 0 Å². The summed E-state index contributed by atoms with van der Waals surface area (Å²) < 4.78 is 21.9. The number of aromatic nitrogens is 2. The Morgan fingerprint density at radius 2 is 2.21 bits per heavy atom. The summed E-state index contributed by atoms with van der Waals surface area (Å²) in [6, 6.07) is 1.03. The van der Waals surface area contributed by atoms with E-state index in [1.807, 2.05) is 0 Å². The number of nitrogens with zero attached hydrogens (tertiary/aromatic N) is 3. The van der Waals surface area contributed by atoms with E-state index < -0.39 is 22.8 Å². The van der Waals surface area contributed by atoms with Gasteiger partial charge in [-0.25, -0.2) is 14.2 Å². The zero-order chi connectivity index (χ0) is 20.2. The minimum absolute atomic E-state index is 0.0218. The molecular formula is C18H20FN5O4. The Morgan fingerprint density at radius 1 is 1.50 bits per heavy atom. The molecular weight excluding hydrogens is 369 g/mol. The second-order valence-electron chi connectivity index (χ2n) is 7.09. The van der Waals surface area contributed by atoms with E-state index in [1.54, 1.807) is 4.57 Å². The van der Waals surface area contributed by atoms with Gasteiger partial charge in [0.2, 0.25) is 5.43 Å². The van der Waals surface area contributed by atoms with Gasteiger partial charge in [-0.2, -0.15) is 0 Å². The van der Waals surface area contributed by atoms with Gasteiger partial charge in [-0.1, -0.05) is 0 Å². The summed E-state index contributed by atoms with van der Waals surface area (Å²) in [6.07, 6.45) is 2.56. The summed E-state index contributed by atoms with van der Waals surface area (Å²) in [5.74, 6) is -2.54. The summed E-state index contributed by atoms with van der Waals surface area (Å²) in [6.45, 7) is 0.394. The average Bonchev–Trinajstić information content (AvgIpc) is 3.45. The molecule has 0 aromatic carbocycles. The van der Waals surface area contributed by atoms with Crippen molar-refractivity contribution in [3.05, 3.63) is 33.9 Å². The number of halogens is 1. The Balaban J connectivity index is 1.90. The van der Waals surface area contributed by atoms with Crippen molar-refractivity contribution in [1.29, 1.82) is 5.41 Å². The molecule has 28 heavy (non-hydrogen) atoms. The topological polar surface area (TPSA) is 135 Å². The number of fused-ring (bicyclic) bond motifs is 1. The summed E-state index contributed by atoms with van der Waals surface area (Å²) in [5.41, 5.74) is 4.76. The predicted octanol–water partition coefficient (Wildman–Crippen LogP) is 0.956. The fraction of sp³-hybridized carbons (Fsp3) is 0.444. The van der Waals surface area contributed by atoms with Crippen LogP contribution in [0.5, 0.6) is 0 Å². The summed E-state index contributed by atoms with van der Waals surface area (Å²) in [5, 5.41) is 17.6. The van der Waals surface area contributed by atoms with Crippen molar-refractivity contribution >= 4 is 28.7 Å². The van der Waals surface area contributed by atoms with Gasteiger partial charge in [0.05, 0.1) is 24.0 Å². The lowest BCUT2D eigenvalue weighted by atomic mass is 10.1. The van der Waals surface area contributed by atoms with E-state index in [9.17, 15) is 19.1 Å². The quantitative estimate of drug-likeness (QED) is 0.693. The van der Waals surface area contributed by atoms with Gasteiger partial charge < -0.3 is 25.0 Å². The molecule has 1 aliphatic heterocycles. The van der Waals surface area contributed by atoms with Crippen LogP contribution in [0.3, 0.4) is 0 Å². The number of aromatic carboxylic acids is 1. The molecule has 148 valence electrons. The maximum absolute atomic E-state index is 14.9. The number of nitrogens with one attached hydrogen (secondary N) is 1. The van der Waals surface area contributed by atoms with Gasteiger partial charge >= 0.3 is 5.97 Å². The molecule has 1 aliphatic carbocycles. The molecule has 0 spiro atoms. The molecule has 2 fully saturated rings. The molecule has 0 bridgehead atoms. The van der Waals surface area contributed by atoms with Crippen LogP contribution in [0.15, 0.2) is 17.1 Å². The third-order valence-corrected chi connectivity index (χ3v) is 5.38. The molecule has 2 atom stereocenters. The summed E-state index contributed by atoms with van der Waals surface area (Å²) >= 11 is 0. The Kier molecular flexibility index (Phi) is 4.39. The molecule has 2 aliphatic rings. The van der Waals surface area contributed by atoms with Crippen LogP contribution in [-0.2, 0) is 4.74 Å². The minimum Gasteiger partial charge on any atom is -0.477 e. The average molecular weight is 389 g/mol. The molecule has 3 heterocycles. The van der Waals surface area contributed by atoms with E-state index in [0.717, 1.165) is 18.9 Å². The zero-order valence-electron chi connectivity index (χ0n) is 15.2. The van der Waals surface area contributed by atoms with Crippen molar-refractivity contribution in [1.82, 2.24) is 9.55 Å². The van der Waals surface area contributed by atoms with Crippen molar-refractivity contribution in [2.24, 2.45) is 11.7 Å². The number of carboxylic acids is 1. The smallest absolute Gasteiger partial charge is 0.341 e. The van der Waals surface area contributed by atoms with Gasteiger partial charge in [-0.3, -0.25) is 10.2 Å². The van der Waals surface area contributed by atoms with Crippen molar-refractivity contribution in [2.45, 2.75) is 25.0 Å². The Morgan fingerprint density at radius 3 is 2.75 bits per heavy atom. The maximum atomic E-state index is 14.9. The van der Waals surface area contributed by atoms with Gasteiger partial charge in [0.25, 0.3) is 0 Å². The third kappa shape index (κ3) is 2.76. The normalized spacial score (nSPS) is 22.2. The molecule has 4 N–H and O–H groups in total. The fourth-order valence-electron chi connectivity index (χ4n) is 3.69. The lowest BCUT2D eigenvalue weighted by Crippen LogP contribution is -2.32. The standard InChI is InChI=1S/C18H20FN5O4/c1-28-13-7-24(15(21)10(13)5-20)17-12(19)4-9-14(25)11(18(26)27)6-23(8-2-3-8)16(9)22-17/h4,6,8,10,13,21H,2-3,5,7,20H2,1H3,(H,26,27). The van der Waals surface area contributed by atoms with Crippen molar-refractivity contribution < 1.29 is 19.0 Å². The monoisotopic (exact) mass is 389 g/mol. The molecule has 10 heteroatoms.